The number of amides is 2. The van der Waals surface area contributed by atoms with Crippen molar-refractivity contribution in [1.29, 1.82) is 0 Å². The number of rotatable bonds is 3. The fourth-order valence-electron chi connectivity index (χ4n) is 6.48. The normalized spacial score (nSPS) is 35.3. The second kappa shape index (κ2) is 6.64. The Morgan fingerprint density at radius 1 is 1.07 bits per heavy atom. The maximum absolute atomic E-state index is 12.7. The van der Waals surface area contributed by atoms with Crippen LogP contribution in [0.4, 0.5) is 16.4 Å². The first kappa shape index (κ1) is 17.3. The maximum Gasteiger partial charge on any atom is 0.320 e. The predicted molar refractivity (Wildman–Crippen MR) is 106 cm³/mol. The van der Waals surface area contributed by atoms with E-state index in [0.717, 1.165) is 61.8 Å². The lowest BCUT2D eigenvalue weighted by Gasteiger charge is -2.56. The molecule has 6 heteroatoms. The largest absolute Gasteiger partial charge is 0.356 e. The fourth-order valence-corrected chi connectivity index (χ4v) is 6.48. The van der Waals surface area contributed by atoms with Crippen LogP contribution in [0.3, 0.4) is 0 Å². The van der Waals surface area contributed by atoms with Crippen LogP contribution in [0, 0.1) is 23.7 Å². The van der Waals surface area contributed by atoms with E-state index in [9.17, 15) is 4.79 Å². The van der Waals surface area contributed by atoms with Gasteiger partial charge in [0.2, 0.25) is 0 Å². The van der Waals surface area contributed by atoms with Gasteiger partial charge in [-0.05, 0) is 75.0 Å². The van der Waals surface area contributed by atoms with Crippen LogP contribution in [0.15, 0.2) is 12.4 Å². The van der Waals surface area contributed by atoms with Crippen molar-refractivity contribution in [3.05, 3.63) is 12.4 Å². The molecule has 6 rings (SSSR count). The molecule has 1 saturated heterocycles. The van der Waals surface area contributed by atoms with E-state index in [1.165, 1.54) is 32.1 Å². The van der Waals surface area contributed by atoms with Crippen LogP contribution < -0.4 is 15.5 Å². The standard InChI is InChI=1S/C21H31N5O/c1-14-2-4-26(5-3-14)19-9-18(22-13-23-19)24-20(27)25-21-10-15-6-16(11-21)8-17(7-15)12-21/h9,13-17H,2-8,10-12H2,1H3,(H2,22,23,24,25,27). The van der Waals surface area contributed by atoms with Gasteiger partial charge in [0.15, 0.2) is 0 Å². The Balaban J connectivity index is 1.23. The number of hydrogen-bond donors (Lipinski definition) is 2. The summed E-state index contributed by atoms with van der Waals surface area (Å²) in [6.45, 7) is 4.35. The first-order chi connectivity index (χ1) is 13.1. The van der Waals surface area contributed by atoms with Gasteiger partial charge in [-0.25, -0.2) is 14.8 Å². The molecule has 2 N–H and O–H groups in total. The third-order valence-corrected chi connectivity index (χ3v) is 7.42. The van der Waals surface area contributed by atoms with E-state index >= 15 is 0 Å². The molecule has 2 heterocycles. The van der Waals surface area contributed by atoms with Crippen LogP contribution in [0.2, 0.25) is 0 Å². The third kappa shape index (κ3) is 3.50. The molecule has 4 saturated carbocycles. The van der Waals surface area contributed by atoms with Crippen LogP contribution in [0.25, 0.3) is 0 Å². The third-order valence-electron chi connectivity index (χ3n) is 7.42. The maximum atomic E-state index is 12.7. The second-order valence-corrected chi connectivity index (χ2v) is 9.71. The van der Waals surface area contributed by atoms with Gasteiger partial charge in [-0.15, -0.1) is 0 Å². The number of aromatic nitrogens is 2. The summed E-state index contributed by atoms with van der Waals surface area (Å²) in [6, 6.07) is 1.81. The van der Waals surface area contributed by atoms with Gasteiger partial charge >= 0.3 is 6.03 Å². The monoisotopic (exact) mass is 369 g/mol. The number of nitrogens with one attached hydrogen (secondary N) is 2. The molecule has 4 aliphatic carbocycles. The molecule has 5 aliphatic rings. The fraction of sp³-hybridized carbons (Fsp3) is 0.762. The average Bonchev–Trinajstić information content (AvgIpc) is 2.60. The summed E-state index contributed by atoms with van der Waals surface area (Å²) in [5.74, 6) is 4.77. The molecule has 2 amide bonds. The molecule has 0 radical (unpaired) electrons. The van der Waals surface area contributed by atoms with Gasteiger partial charge in [0.1, 0.15) is 18.0 Å². The van der Waals surface area contributed by atoms with E-state index in [1.54, 1.807) is 6.33 Å². The summed E-state index contributed by atoms with van der Waals surface area (Å²) in [6.07, 6.45) is 11.6. The lowest BCUT2D eigenvalue weighted by molar-refractivity contribution is -0.0127. The van der Waals surface area contributed by atoms with Crippen molar-refractivity contribution in [3.63, 3.8) is 0 Å². The molecule has 6 nitrogen and oxygen atoms in total. The van der Waals surface area contributed by atoms with Crippen molar-refractivity contribution in [3.8, 4) is 0 Å². The molecule has 0 aromatic carbocycles. The molecule has 1 aliphatic heterocycles. The molecule has 0 atom stereocenters. The Hall–Kier alpha value is -1.85. The summed E-state index contributed by atoms with van der Waals surface area (Å²) < 4.78 is 0. The van der Waals surface area contributed by atoms with E-state index in [-0.39, 0.29) is 11.6 Å². The summed E-state index contributed by atoms with van der Waals surface area (Å²) >= 11 is 0. The van der Waals surface area contributed by atoms with E-state index in [2.05, 4.69) is 32.4 Å². The second-order valence-electron chi connectivity index (χ2n) is 9.71. The van der Waals surface area contributed by atoms with E-state index in [1.807, 2.05) is 6.07 Å². The number of nitrogens with zero attached hydrogens (tertiary/aromatic N) is 3. The number of hydrogen-bond acceptors (Lipinski definition) is 4. The minimum atomic E-state index is -0.103. The number of urea groups is 1. The molecule has 0 unspecified atom stereocenters. The quantitative estimate of drug-likeness (QED) is 0.850. The van der Waals surface area contributed by atoms with Crippen LogP contribution in [0.5, 0.6) is 0 Å². The lowest BCUT2D eigenvalue weighted by atomic mass is 9.53. The van der Waals surface area contributed by atoms with Crippen molar-refractivity contribution in [2.24, 2.45) is 23.7 Å². The average molecular weight is 370 g/mol. The smallest absolute Gasteiger partial charge is 0.320 e. The molecule has 146 valence electrons. The Kier molecular flexibility index (Phi) is 4.25. The number of carbonyl (C=O) groups is 1. The zero-order chi connectivity index (χ0) is 18.4. The topological polar surface area (TPSA) is 70.2 Å². The first-order valence-electron chi connectivity index (χ1n) is 10.7. The van der Waals surface area contributed by atoms with Crippen LogP contribution in [-0.4, -0.2) is 34.6 Å². The van der Waals surface area contributed by atoms with Gasteiger partial charge in [-0.3, -0.25) is 5.32 Å². The molecule has 1 aromatic rings. The molecule has 1 aromatic heterocycles. The van der Waals surface area contributed by atoms with Gasteiger partial charge in [0.25, 0.3) is 0 Å². The highest BCUT2D eigenvalue weighted by molar-refractivity contribution is 5.89. The Morgan fingerprint density at radius 2 is 1.70 bits per heavy atom. The van der Waals surface area contributed by atoms with Crippen molar-refractivity contribution >= 4 is 17.7 Å². The van der Waals surface area contributed by atoms with Crippen LogP contribution >= 0.6 is 0 Å². The summed E-state index contributed by atoms with van der Waals surface area (Å²) in [7, 11) is 0. The highest BCUT2D eigenvalue weighted by atomic mass is 16.2. The summed E-state index contributed by atoms with van der Waals surface area (Å²) in [4.78, 5) is 23.7. The van der Waals surface area contributed by atoms with E-state index in [4.69, 9.17) is 0 Å². The van der Waals surface area contributed by atoms with Crippen molar-refractivity contribution in [2.45, 2.75) is 63.8 Å². The number of anilines is 2. The zero-order valence-electron chi connectivity index (χ0n) is 16.3. The van der Waals surface area contributed by atoms with Crippen LogP contribution in [-0.2, 0) is 0 Å². The highest BCUT2D eigenvalue weighted by Gasteiger charge is 2.51. The molecule has 4 bridgehead atoms. The minimum absolute atomic E-state index is 0.0255. The molecular formula is C21H31N5O. The van der Waals surface area contributed by atoms with Crippen LogP contribution in [0.1, 0.15) is 58.3 Å². The van der Waals surface area contributed by atoms with Gasteiger partial charge in [-0.1, -0.05) is 6.92 Å². The van der Waals surface area contributed by atoms with E-state index < -0.39 is 0 Å². The Bertz CT molecular complexity index is 677. The van der Waals surface area contributed by atoms with Gasteiger partial charge in [0, 0.05) is 24.7 Å². The highest BCUT2D eigenvalue weighted by Crippen LogP contribution is 2.55. The Labute approximate surface area is 161 Å². The summed E-state index contributed by atoms with van der Waals surface area (Å²) in [5, 5.41) is 6.33. The van der Waals surface area contributed by atoms with Gasteiger partial charge < -0.3 is 10.2 Å². The number of piperidine rings is 1. The van der Waals surface area contributed by atoms with Gasteiger partial charge in [0.05, 0.1) is 0 Å². The zero-order valence-corrected chi connectivity index (χ0v) is 16.3. The van der Waals surface area contributed by atoms with Crippen molar-refractivity contribution in [2.75, 3.05) is 23.3 Å². The Morgan fingerprint density at radius 3 is 2.33 bits per heavy atom. The minimum Gasteiger partial charge on any atom is -0.356 e. The number of carbonyl (C=O) groups excluding carboxylic acids is 1. The predicted octanol–water partition coefficient (Wildman–Crippen LogP) is 3.80. The van der Waals surface area contributed by atoms with E-state index in [0.29, 0.717) is 5.82 Å². The van der Waals surface area contributed by atoms with Crippen molar-refractivity contribution < 1.29 is 4.79 Å². The SMILES string of the molecule is CC1CCN(c2cc(NC(=O)NC34CC5CC(CC(C5)C3)C4)ncn2)CC1. The molecular weight excluding hydrogens is 338 g/mol. The lowest BCUT2D eigenvalue weighted by Crippen LogP contribution is -2.60. The van der Waals surface area contributed by atoms with Crippen molar-refractivity contribution in [1.82, 2.24) is 15.3 Å². The molecule has 5 fully saturated rings. The molecule has 27 heavy (non-hydrogen) atoms. The summed E-state index contributed by atoms with van der Waals surface area (Å²) in [5.41, 5.74) is 0.0255. The molecule has 0 spiro atoms. The first-order valence-corrected chi connectivity index (χ1v) is 10.7. The van der Waals surface area contributed by atoms with Gasteiger partial charge in [-0.2, -0.15) is 0 Å².